The maximum atomic E-state index is 14.9. The average Bonchev–Trinajstić information content (AvgIpc) is 3.59. The highest BCUT2D eigenvalue weighted by molar-refractivity contribution is 5.96. The van der Waals surface area contributed by atoms with Crippen molar-refractivity contribution in [3.63, 3.8) is 0 Å². The van der Waals surface area contributed by atoms with Gasteiger partial charge < -0.3 is 4.74 Å². The van der Waals surface area contributed by atoms with E-state index in [1.807, 2.05) is 17.8 Å². The van der Waals surface area contributed by atoms with Crippen LogP contribution >= 0.6 is 0 Å². The van der Waals surface area contributed by atoms with Crippen LogP contribution in [0.1, 0.15) is 66.3 Å². The number of hydrogen-bond donors (Lipinski definition) is 0. The number of ether oxygens (including phenoxy) is 1. The van der Waals surface area contributed by atoms with E-state index in [0.717, 1.165) is 30.0 Å². The van der Waals surface area contributed by atoms with Crippen molar-refractivity contribution >= 4 is 10.9 Å². The molecular formula is C27H23F2N5O. The number of aromatic nitrogens is 4. The fourth-order valence-corrected chi connectivity index (χ4v) is 4.85. The van der Waals surface area contributed by atoms with Crippen LogP contribution in [0.3, 0.4) is 0 Å². The molecule has 1 aliphatic carbocycles. The lowest BCUT2D eigenvalue weighted by atomic mass is 9.91. The first kappa shape index (κ1) is 21.8. The fraction of sp³-hybridized carbons (Fsp3) is 0.333. The number of rotatable bonds is 4. The van der Waals surface area contributed by atoms with Crippen molar-refractivity contribution < 1.29 is 13.5 Å². The molecule has 1 saturated carbocycles. The molecule has 2 atom stereocenters. The summed E-state index contributed by atoms with van der Waals surface area (Å²) in [5.41, 5.74) is 3.28. The number of hydrogen-bond acceptors (Lipinski definition) is 5. The Balaban J connectivity index is 1.45. The zero-order valence-corrected chi connectivity index (χ0v) is 19.2. The molecule has 3 heterocycles. The van der Waals surface area contributed by atoms with E-state index in [1.165, 1.54) is 12.1 Å². The van der Waals surface area contributed by atoms with Crippen LogP contribution in [0.2, 0.25) is 0 Å². The van der Waals surface area contributed by atoms with Gasteiger partial charge in [0.2, 0.25) is 0 Å². The summed E-state index contributed by atoms with van der Waals surface area (Å²) in [7, 11) is 0. The Morgan fingerprint density at radius 3 is 2.74 bits per heavy atom. The molecule has 2 aromatic heterocycles. The normalized spacial score (nSPS) is 20.2. The quantitative estimate of drug-likeness (QED) is 0.369. The first-order valence-electron chi connectivity index (χ1n) is 11.8. The van der Waals surface area contributed by atoms with Crippen molar-refractivity contribution in [1.29, 1.82) is 5.26 Å². The maximum Gasteiger partial charge on any atom is 0.135 e. The molecule has 2 aliphatic rings. The first-order valence-corrected chi connectivity index (χ1v) is 11.8. The van der Waals surface area contributed by atoms with Gasteiger partial charge in [-0.25, -0.2) is 18.7 Å². The molecule has 0 radical (unpaired) electrons. The number of halogens is 2. The minimum Gasteiger partial charge on any atom is -0.373 e. The summed E-state index contributed by atoms with van der Waals surface area (Å²) in [6.45, 7) is 2.38. The van der Waals surface area contributed by atoms with Gasteiger partial charge in [-0.1, -0.05) is 12.1 Å². The van der Waals surface area contributed by atoms with Crippen LogP contribution in [0.5, 0.6) is 0 Å². The summed E-state index contributed by atoms with van der Waals surface area (Å²) >= 11 is 0. The van der Waals surface area contributed by atoms with E-state index in [0.29, 0.717) is 53.5 Å². The van der Waals surface area contributed by atoms with Crippen LogP contribution in [0, 0.1) is 29.9 Å². The van der Waals surface area contributed by atoms with Gasteiger partial charge in [0.1, 0.15) is 23.5 Å². The lowest BCUT2D eigenvalue weighted by molar-refractivity contribution is 0.00397. The molecule has 4 aromatic rings. The smallest absolute Gasteiger partial charge is 0.135 e. The van der Waals surface area contributed by atoms with Gasteiger partial charge in [-0.15, -0.1) is 0 Å². The summed E-state index contributed by atoms with van der Waals surface area (Å²) in [6.07, 6.45) is 7.46. The minimum atomic E-state index is -0.702. The summed E-state index contributed by atoms with van der Waals surface area (Å²) in [5, 5.41) is 14.9. The second-order valence-electron chi connectivity index (χ2n) is 9.39. The Morgan fingerprint density at radius 2 is 1.97 bits per heavy atom. The molecule has 1 saturated heterocycles. The predicted octanol–water partition coefficient (Wildman–Crippen LogP) is 5.92. The molecule has 8 heteroatoms. The lowest BCUT2D eigenvalue weighted by Crippen LogP contribution is -2.20. The van der Waals surface area contributed by atoms with E-state index in [2.05, 4.69) is 17.4 Å². The second-order valence-corrected chi connectivity index (χ2v) is 9.39. The SMILES string of the molecule is Cc1ccc2c(-c3ccc(F)cc3F)nc([C@H]3CCO[C@H](c4cnn(C5CC5)c4)C3)nc2c1C#N. The zero-order valence-electron chi connectivity index (χ0n) is 19.2. The van der Waals surface area contributed by atoms with Crippen molar-refractivity contribution in [1.82, 2.24) is 19.7 Å². The molecule has 0 bridgehead atoms. The molecule has 0 unspecified atom stereocenters. The van der Waals surface area contributed by atoms with E-state index in [1.54, 1.807) is 12.1 Å². The van der Waals surface area contributed by atoms with Gasteiger partial charge in [-0.05, 0) is 50.3 Å². The van der Waals surface area contributed by atoms with Crippen LogP contribution in [0.15, 0.2) is 42.7 Å². The van der Waals surface area contributed by atoms with Gasteiger partial charge in [-0.2, -0.15) is 10.4 Å². The van der Waals surface area contributed by atoms with Gasteiger partial charge in [-0.3, -0.25) is 4.68 Å². The molecule has 0 N–H and O–H groups in total. The van der Waals surface area contributed by atoms with Gasteiger partial charge in [0, 0.05) is 41.3 Å². The number of nitrogens with zero attached hydrogens (tertiary/aromatic N) is 5. The fourth-order valence-electron chi connectivity index (χ4n) is 4.85. The van der Waals surface area contributed by atoms with Crippen molar-refractivity contribution in [3.8, 4) is 17.3 Å². The van der Waals surface area contributed by atoms with E-state index >= 15 is 0 Å². The van der Waals surface area contributed by atoms with Crippen LogP contribution in [0.25, 0.3) is 22.2 Å². The van der Waals surface area contributed by atoms with E-state index in [9.17, 15) is 14.0 Å². The summed E-state index contributed by atoms with van der Waals surface area (Å²) < 4.78 is 36.6. The van der Waals surface area contributed by atoms with E-state index in [4.69, 9.17) is 14.7 Å². The van der Waals surface area contributed by atoms with Gasteiger partial charge >= 0.3 is 0 Å². The summed E-state index contributed by atoms with van der Waals surface area (Å²) in [6, 6.07) is 9.80. The molecule has 2 aromatic carbocycles. The molecular weight excluding hydrogens is 448 g/mol. The maximum absolute atomic E-state index is 14.9. The van der Waals surface area contributed by atoms with E-state index in [-0.39, 0.29) is 17.6 Å². The van der Waals surface area contributed by atoms with Crippen molar-refractivity contribution in [2.75, 3.05) is 6.61 Å². The Kier molecular flexibility index (Phi) is 5.30. The molecule has 6 rings (SSSR count). The third-order valence-corrected chi connectivity index (χ3v) is 6.96. The predicted molar refractivity (Wildman–Crippen MR) is 126 cm³/mol. The van der Waals surface area contributed by atoms with Crippen LogP contribution in [-0.2, 0) is 4.74 Å². The largest absolute Gasteiger partial charge is 0.373 e. The highest BCUT2D eigenvalue weighted by Crippen LogP contribution is 2.40. The second kappa shape index (κ2) is 8.51. The van der Waals surface area contributed by atoms with Crippen LogP contribution in [-0.4, -0.2) is 26.4 Å². The topological polar surface area (TPSA) is 76.6 Å². The van der Waals surface area contributed by atoms with Gasteiger partial charge in [0.15, 0.2) is 0 Å². The molecule has 1 aliphatic heterocycles. The molecule has 2 fully saturated rings. The van der Waals surface area contributed by atoms with Crippen molar-refractivity contribution in [3.05, 3.63) is 76.9 Å². The first-order chi connectivity index (χ1) is 17.0. The Bertz CT molecular complexity index is 1490. The van der Waals surface area contributed by atoms with Crippen LogP contribution in [0.4, 0.5) is 8.78 Å². The zero-order chi connectivity index (χ0) is 24.1. The van der Waals surface area contributed by atoms with Crippen molar-refractivity contribution in [2.45, 2.75) is 50.7 Å². The standard InChI is InChI=1S/C27H23F2N5O/c1-15-2-6-21-25(20-7-3-18(28)11-23(20)29)32-27(33-26(21)22(15)12-30)16-8-9-35-24(10-16)17-13-31-34(14-17)19-4-5-19/h2-3,6-7,11,13-14,16,19,24H,4-5,8-10H2,1H3/t16-,24-/m0/s1. The number of fused-ring (bicyclic) bond motifs is 1. The minimum absolute atomic E-state index is 0.0447. The van der Waals surface area contributed by atoms with Gasteiger partial charge in [0.25, 0.3) is 0 Å². The van der Waals surface area contributed by atoms with Crippen molar-refractivity contribution in [2.24, 2.45) is 0 Å². The molecule has 0 spiro atoms. The number of nitriles is 1. The molecule has 176 valence electrons. The van der Waals surface area contributed by atoms with Gasteiger partial charge in [0.05, 0.1) is 35.1 Å². The lowest BCUT2D eigenvalue weighted by Gasteiger charge is -2.28. The third kappa shape index (κ3) is 3.96. The number of aryl methyl sites for hydroxylation is 1. The highest BCUT2D eigenvalue weighted by atomic mass is 19.1. The molecule has 35 heavy (non-hydrogen) atoms. The van der Waals surface area contributed by atoms with Crippen LogP contribution < -0.4 is 0 Å². The summed E-state index contributed by atoms with van der Waals surface area (Å²) in [4.78, 5) is 9.63. The number of benzene rings is 2. The monoisotopic (exact) mass is 471 g/mol. The Morgan fingerprint density at radius 1 is 1.11 bits per heavy atom. The Labute approximate surface area is 201 Å². The average molecular weight is 472 g/mol. The Hall–Kier alpha value is -3.70. The molecule has 6 nitrogen and oxygen atoms in total. The van der Waals surface area contributed by atoms with E-state index < -0.39 is 11.6 Å². The summed E-state index contributed by atoms with van der Waals surface area (Å²) in [5.74, 6) is -0.859. The third-order valence-electron chi connectivity index (χ3n) is 6.96. The molecule has 0 amide bonds. The highest BCUT2D eigenvalue weighted by Gasteiger charge is 2.31.